The molecule has 1 aromatic carbocycles. The number of unbranched alkanes of at least 4 members (excludes halogenated alkanes) is 9. The molecule has 0 atom stereocenters. The topological polar surface area (TPSA) is 131 Å². The van der Waals surface area contributed by atoms with Gasteiger partial charge in [0.1, 0.15) is 6.61 Å². The Bertz CT molecular complexity index is 1010. The Kier molecular flexibility index (Phi) is 17.0. The highest BCUT2D eigenvalue weighted by molar-refractivity contribution is 5.81. The third-order valence-electron chi connectivity index (χ3n) is 6.31. The van der Waals surface area contributed by atoms with Gasteiger partial charge in [0.05, 0.1) is 4.92 Å². The third kappa shape index (κ3) is 17.2. The molecule has 0 aromatic heterocycles. The lowest BCUT2D eigenvalue weighted by molar-refractivity contribution is -0.384. The van der Waals surface area contributed by atoms with Crippen LogP contribution in [0.4, 0.5) is 36.8 Å². The summed E-state index contributed by atoms with van der Waals surface area (Å²) in [5.41, 5.74) is 0.480. The maximum atomic E-state index is 12.8. The third-order valence-corrected chi connectivity index (χ3v) is 6.31. The Morgan fingerprint density at radius 1 is 0.698 bits per heavy atom. The lowest BCUT2D eigenvalue weighted by atomic mass is 10.1. The van der Waals surface area contributed by atoms with Crippen LogP contribution in [0.25, 0.3) is 0 Å². The van der Waals surface area contributed by atoms with Gasteiger partial charge in [-0.15, -0.1) is 0 Å². The number of rotatable bonds is 20. The van der Waals surface area contributed by atoms with Crippen molar-refractivity contribution in [2.45, 2.75) is 89.6 Å². The monoisotopic (exact) mass is 628 g/mol. The van der Waals surface area contributed by atoms with Crippen LogP contribution in [0.2, 0.25) is 0 Å². The minimum absolute atomic E-state index is 0.0606. The molecule has 43 heavy (non-hydrogen) atoms. The molecule has 0 heterocycles. The van der Waals surface area contributed by atoms with Crippen LogP contribution < -0.4 is 10.6 Å². The van der Waals surface area contributed by atoms with Crippen LogP contribution in [0.5, 0.6) is 0 Å². The van der Waals surface area contributed by atoms with Crippen LogP contribution >= 0.6 is 0 Å². The molecule has 3 amide bonds. The number of carbonyl (C=O) groups excluding carboxylic acids is 3. The van der Waals surface area contributed by atoms with E-state index in [4.69, 9.17) is 4.74 Å². The molecule has 0 aliphatic heterocycles. The van der Waals surface area contributed by atoms with E-state index < -0.39 is 35.2 Å². The zero-order valence-corrected chi connectivity index (χ0v) is 23.7. The average molecular weight is 629 g/mol. The number of nitrogens with one attached hydrogen (secondary N) is 2. The van der Waals surface area contributed by atoms with Gasteiger partial charge in [0.15, 0.2) is 0 Å². The molecular weight excluding hydrogens is 590 g/mol. The number of ether oxygens (including phenoxy) is 1. The molecular formula is C27H38F6N4O6. The number of non-ortho nitro benzene ring substituents is 1. The van der Waals surface area contributed by atoms with Crippen molar-refractivity contribution in [1.82, 2.24) is 15.5 Å². The first-order valence-corrected chi connectivity index (χ1v) is 14.1. The highest BCUT2D eigenvalue weighted by atomic mass is 19.4. The molecule has 0 saturated carbocycles. The minimum Gasteiger partial charge on any atom is -0.445 e. The summed E-state index contributed by atoms with van der Waals surface area (Å²) >= 11 is 0. The summed E-state index contributed by atoms with van der Waals surface area (Å²) < 4.78 is 78.5. The first-order chi connectivity index (χ1) is 20.2. The van der Waals surface area contributed by atoms with Gasteiger partial charge >= 0.3 is 30.3 Å². The Morgan fingerprint density at radius 3 is 1.49 bits per heavy atom. The van der Waals surface area contributed by atoms with E-state index in [1.54, 1.807) is 4.90 Å². The van der Waals surface area contributed by atoms with E-state index >= 15 is 0 Å². The van der Waals surface area contributed by atoms with Crippen molar-refractivity contribution in [1.29, 1.82) is 0 Å². The first-order valence-electron chi connectivity index (χ1n) is 14.1. The van der Waals surface area contributed by atoms with Gasteiger partial charge in [-0.1, -0.05) is 44.9 Å². The van der Waals surface area contributed by atoms with E-state index in [1.807, 2.05) is 10.6 Å². The normalized spacial score (nSPS) is 11.6. The molecule has 1 aromatic rings. The number of nitro benzene ring substituents is 1. The SMILES string of the molecule is O=C(OCc1ccc([N+](=O)[O-])cc1)N(CCCCCCCCNC(=O)C(F)(F)F)CCCCCCCNC(=O)C(F)(F)F. The van der Waals surface area contributed by atoms with Crippen molar-refractivity contribution in [3.63, 3.8) is 0 Å². The molecule has 0 spiro atoms. The molecule has 16 heteroatoms. The molecule has 244 valence electrons. The number of benzene rings is 1. The number of alkyl halides is 6. The quantitative estimate of drug-likeness (QED) is 0.0768. The van der Waals surface area contributed by atoms with E-state index in [-0.39, 0.29) is 25.4 Å². The van der Waals surface area contributed by atoms with Gasteiger partial charge in [-0.3, -0.25) is 19.7 Å². The summed E-state index contributed by atoms with van der Waals surface area (Å²) in [4.78, 5) is 46.1. The van der Waals surface area contributed by atoms with Gasteiger partial charge in [0.25, 0.3) is 5.69 Å². The second kappa shape index (κ2) is 19.6. The van der Waals surface area contributed by atoms with Crippen molar-refractivity contribution in [2.75, 3.05) is 26.2 Å². The second-order valence-corrected chi connectivity index (χ2v) is 9.86. The number of amides is 3. The number of carbonyl (C=O) groups is 3. The summed E-state index contributed by atoms with van der Waals surface area (Å²) in [6.07, 6.45) is -3.39. The van der Waals surface area contributed by atoms with Gasteiger partial charge in [0, 0.05) is 38.3 Å². The second-order valence-electron chi connectivity index (χ2n) is 9.86. The highest BCUT2D eigenvalue weighted by Gasteiger charge is 2.38. The van der Waals surface area contributed by atoms with E-state index in [2.05, 4.69) is 0 Å². The van der Waals surface area contributed by atoms with Gasteiger partial charge in [-0.2, -0.15) is 26.3 Å². The Morgan fingerprint density at radius 2 is 1.09 bits per heavy atom. The summed E-state index contributed by atoms with van der Waals surface area (Å²) in [7, 11) is 0. The lowest BCUT2D eigenvalue weighted by Crippen LogP contribution is -2.37. The number of hydrogen-bond acceptors (Lipinski definition) is 6. The summed E-state index contributed by atoms with van der Waals surface area (Å²) in [6.45, 7) is 0.547. The number of hydrogen-bond donors (Lipinski definition) is 2. The summed E-state index contributed by atoms with van der Waals surface area (Å²) in [5, 5.41) is 14.4. The number of nitrogens with zero attached hydrogens (tertiary/aromatic N) is 2. The Labute approximate surface area is 245 Å². The van der Waals surface area contributed by atoms with Gasteiger partial charge in [0.2, 0.25) is 0 Å². The Balaban J connectivity index is 2.40. The molecule has 0 aliphatic rings. The minimum atomic E-state index is -4.91. The maximum Gasteiger partial charge on any atom is 0.471 e. The zero-order valence-electron chi connectivity index (χ0n) is 23.7. The molecule has 0 unspecified atom stereocenters. The van der Waals surface area contributed by atoms with E-state index in [0.29, 0.717) is 70.0 Å². The molecule has 0 fully saturated rings. The largest absolute Gasteiger partial charge is 0.471 e. The van der Waals surface area contributed by atoms with Gasteiger partial charge < -0.3 is 20.3 Å². The van der Waals surface area contributed by atoms with Gasteiger partial charge in [-0.05, 0) is 43.4 Å². The standard InChI is InChI=1S/C27H38F6N4O6/c28-26(29,30)23(38)34-16-8-4-1-2-6-10-18-36(19-11-7-3-5-9-17-35-24(39)27(31,32)33)25(40)43-20-21-12-14-22(15-13-21)37(41)42/h12-15H,1-11,16-20H2,(H,34,38)(H,35,39). The fourth-order valence-electron chi connectivity index (χ4n) is 3.94. The molecule has 2 N–H and O–H groups in total. The highest BCUT2D eigenvalue weighted by Crippen LogP contribution is 2.16. The van der Waals surface area contributed by atoms with E-state index in [0.717, 1.165) is 19.3 Å². The van der Waals surface area contributed by atoms with Crippen molar-refractivity contribution >= 4 is 23.6 Å². The zero-order chi connectivity index (χ0) is 32.3. The van der Waals surface area contributed by atoms with Crippen LogP contribution in [0.15, 0.2) is 24.3 Å². The van der Waals surface area contributed by atoms with E-state index in [1.165, 1.54) is 24.3 Å². The molecule has 0 bridgehead atoms. The van der Waals surface area contributed by atoms with E-state index in [9.17, 15) is 50.8 Å². The van der Waals surface area contributed by atoms with Crippen molar-refractivity contribution in [3.8, 4) is 0 Å². The maximum absolute atomic E-state index is 12.8. The average Bonchev–Trinajstić information content (AvgIpc) is 2.94. The summed E-state index contributed by atoms with van der Waals surface area (Å²) in [6, 6.07) is 5.59. The van der Waals surface area contributed by atoms with Crippen molar-refractivity contribution < 1.29 is 50.4 Å². The van der Waals surface area contributed by atoms with Gasteiger partial charge in [-0.25, -0.2) is 4.79 Å². The molecule has 1 rings (SSSR count). The fourth-order valence-corrected chi connectivity index (χ4v) is 3.94. The molecule has 0 saturated heterocycles. The lowest BCUT2D eigenvalue weighted by Gasteiger charge is -2.22. The first kappa shape index (κ1) is 37.4. The van der Waals surface area contributed by atoms with Crippen LogP contribution in [-0.2, 0) is 20.9 Å². The molecule has 0 radical (unpaired) electrons. The van der Waals surface area contributed by atoms with Crippen LogP contribution in [0.1, 0.15) is 76.2 Å². The van der Waals surface area contributed by atoms with Crippen LogP contribution in [-0.4, -0.2) is 66.3 Å². The van der Waals surface area contributed by atoms with Crippen molar-refractivity contribution in [3.05, 3.63) is 39.9 Å². The van der Waals surface area contributed by atoms with Crippen LogP contribution in [0.3, 0.4) is 0 Å². The fraction of sp³-hybridized carbons (Fsp3) is 0.667. The summed E-state index contributed by atoms with van der Waals surface area (Å²) in [5.74, 6) is -3.92. The predicted octanol–water partition coefficient (Wildman–Crippen LogP) is 6.18. The van der Waals surface area contributed by atoms with Crippen LogP contribution in [0, 0.1) is 10.1 Å². The smallest absolute Gasteiger partial charge is 0.445 e. The predicted molar refractivity (Wildman–Crippen MR) is 144 cm³/mol. The van der Waals surface area contributed by atoms with Crippen molar-refractivity contribution in [2.24, 2.45) is 0 Å². The molecule has 0 aliphatic carbocycles. The number of nitro groups is 1. The number of halogens is 6. The molecule has 10 nitrogen and oxygen atoms in total. The Hall–Kier alpha value is -3.59.